The SMILES string of the molecule is CC1(C)OB(c2cccc3c2CCN(C(=O)O)C3)OC1(C)C. The Morgan fingerprint density at radius 2 is 1.86 bits per heavy atom. The van der Waals surface area contributed by atoms with Crippen LogP contribution in [0.25, 0.3) is 0 Å². The van der Waals surface area contributed by atoms with Crippen molar-refractivity contribution in [3.63, 3.8) is 0 Å². The number of rotatable bonds is 1. The van der Waals surface area contributed by atoms with Crippen molar-refractivity contribution >= 4 is 18.7 Å². The molecule has 3 rings (SSSR count). The molecule has 1 amide bonds. The normalized spacial score (nSPS) is 22.5. The van der Waals surface area contributed by atoms with E-state index in [4.69, 9.17) is 14.4 Å². The first-order chi connectivity index (χ1) is 10.2. The zero-order valence-corrected chi connectivity index (χ0v) is 13.5. The largest absolute Gasteiger partial charge is 0.495 e. The van der Waals surface area contributed by atoms with Crippen LogP contribution in [0, 0.1) is 0 Å². The molecule has 22 heavy (non-hydrogen) atoms. The quantitative estimate of drug-likeness (QED) is 0.806. The van der Waals surface area contributed by atoms with Gasteiger partial charge < -0.3 is 19.3 Å². The Kier molecular flexibility index (Phi) is 3.49. The Hall–Kier alpha value is -1.53. The van der Waals surface area contributed by atoms with Crippen molar-refractivity contribution in [2.24, 2.45) is 0 Å². The molecule has 2 heterocycles. The molecule has 0 aromatic heterocycles. The lowest BCUT2D eigenvalue weighted by Gasteiger charge is -2.32. The van der Waals surface area contributed by atoms with E-state index in [2.05, 4.69) is 0 Å². The van der Waals surface area contributed by atoms with Crippen molar-refractivity contribution in [2.75, 3.05) is 6.54 Å². The third-order valence-corrected chi connectivity index (χ3v) is 5.08. The number of hydrogen-bond donors (Lipinski definition) is 1. The fourth-order valence-electron chi connectivity index (χ4n) is 2.99. The lowest BCUT2D eigenvalue weighted by Crippen LogP contribution is -2.42. The van der Waals surface area contributed by atoms with Gasteiger partial charge >= 0.3 is 13.2 Å². The molecular weight excluding hydrogens is 281 g/mol. The zero-order chi connectivity index (χ0) is 16.1. The maximum absolute atomic E-state index is 11.2. The second-order valence-corrected chi connectivity index (χ2v) is 7.03. The summed E-state index contributed by atoms with van der Waals surface area (Å²) >= 11 is 0. The first-order valence-corrected chi connectivity index (χ1v) is 7.65. The minimum absolute atomic E-state index is 0.373. The third kappa shape index (κ3) is 2.40. The van der Waals surface area contributed by atoms with E-state index < -0.39 is 13.2 Å². The molecule has 2 aliphatic rings. The van der Waals surface area contributed by atoms with Crippen LogP contribution in [0.5, 0.6) is 0 Å². The molecule has 0 unspecified atom stereocenters. The summed E-state index contributed by atoms with van der Waals surface area (Å²) in [4.78, 5) is 12.6. The van der Waals surface area contributed by atoms with Gasteiger partial charge in [-0.1, -0.05) is 18.2 Å². The number of carbonyl (C=O) groups is 1. The number of benzene rings is 1. The average molecular weight is 303 g/mol. The predicted octanol–water partition coefficient (Wildman–Crippen LogP) is 2.02. The molecule has 0 bridgehead atoms. The molecule has 5 nitrogen and oxygen atoms in total. The Labute approximate surface area is 131 Å². The molecule has 2 aliphatic heterocycles. The summed E-state index contributed by atoms with van der Waals surface area (Å²) in [5.41, 5.74) is 2.49. The summed E-state index contributed by atoms with van der Waals surface area (Å²) < 4.78 is 12.3. The van der Waals surface area contributed by atoms with Crippen LogP contribution in [-0.2, 0) is 22.3 Å². The first kappa shape index (κ1) is 15.4. The van der Waals surface area contributed by atoms with E-state index in [1.54, 1.807) is 0 Å². The molecule has 0 aliphatic carbocycles. The molecular formula is C16H22BNO4. The van der Waals surface area contributed by atoms with Crippen LogP contribution in [0.15, 0.2) is 18.2 Å². The minimum Gasteiger partial charge on any atom is -0.465 e. The Morgan fingerprint density at radius 1 is 1.23 bits per heavy atom. The highest BCUT2D eigenvalue weighted by Gasteiger charge is 2.52. The van der Waals surface area contributed by atoms with Crippen LogP contribution >= 0.6 is 0 Å². The molecule has 0 spiro atoms. The van der Waals surface area contributed by atoms with Crippen LogP contribution in [0.4, 0.5) is 4.79 Å². The van der Waals surface area contributed by atoms with Crippen LogP contribution < -0.4 is 5.46 Å². The summed E-state index contributed by atoms with van der Waals surface area (Å²) in [6.45, 7) is 9.09. The summed E-state index contributed by atoms with van der Waals surface area (Å²) in [5.74, 6) is 0. The van der Waals surface area contributed by atoms with Gasteiger partial charge in [0, 0.05) is 13.1 Å². The summed E-state index contributed by atoms with van der Waals surface area (Å²) in [7, 11) is -0.392. The standard InChI is InChI=1S/C16H22BNO4/c1-15(2)16(3,4)22-17(21-15)13-7-5-6-11-10-18(14(19)20)9-8-12(11)13/h5-7H,8-10H2,1-4H3,(H,19,20). The van der Waals surface area contributed by atoms with Crippen molar-refractivity contribution in [1.82, 2.24) is 4.90 Å². The van der Waals surface area contributed by atoms with E-state index in [0.29, 0.717) is 19.5 Å². The van der Waals surface area contributed by atoms with E-state index >= 15 is 0 Å². The zero-order valence-electron chi connectivity index (χ0n) is 13.5. The number of hydrogen-bond acceptors (Lipinski definition) is 3. The summed E-state index contributed by atoms with van der Waals surface area (Å²) in [5, 5.41) is 9.16. The van der Waals surface area contributed by atoms with Gasteiger partial charge in [-0.05, 0) is 50.7 Å². The molecule has 1 aromatic rings. The van der Waals surface area contributed by atoms with Gasteiger partial charge in [0.25, 0.3) is 0 Å². The van der Waals surface area contributed by atoms with Crippen molar-refractivity contribution in [3.05, 3.63) is 29.3 Å². The van der Waals surface area contributed by atoms with Crippen LogP contribution in [0.2, 0.25) is 0 Å². The number of amides is 1. The summed E-state index contributed by atoms with van der Waals surface area (Å²) in [6.07, 6.45) is -0.172. The van der Waals surface area contributed by atoms with Gasteiger partial charge in [-0.3, -0.25) is 0 Å². The van der Waals surface area contributed by atoms with E-state index in [-0.39, 0.29) is 11.2 Å². The molecule has 118 valence electrons. The topological polar surface area (TPSA) is 59.0 Å². The van der Waals surface area contributed by atoms with Gasteiger partial charge in [-0.15, -0.1) is 0 Å². The van der Waals surface area contributed by atoms with Crippen molar-refractivity contribution < 1.29 is 19.2 Å². The highest BCUT2D eigenvalue weighted by Crippen LogP contribution is 2.37. The average Bonchev–Trinajstić information content (AvgIpc) is 2.66. The van der Waals surface area contributed by atoms with E-state index in [0.717, 1.165) is 11.0 Å². The van der Waals surface area contributed by atoms with Crippen LogP contribution in [-0.4, -0.2) is 41.0 Å². The molecule has 1 N–H and O–H groups in total. The number of carboxylic acid groups (broad SMARTS) is 1. The van der Waals surface area contributed by atoms with Gasteiger partial charge in [0.05, 0.1) is 11.2 Å². The molecule has 1 saturated heterocycles. The monoisotopic (exact) mass is 303 g/mol. The fourth-order valence-corrected chi connectivity index (χ4v) is 2.99. The molecule has 6 heteroatoms. The van der Waals surface area contributed by atoms with Gasteiger partial charge in [0.2, 0.25) is 0 Å². The van der Waals surface area contributed by atoms with E-state index in [9.17, 15) is 4.79 Å². The van der Waals surface area contributed by atoms with Crippen molar-refractivity contribution in [3.8, 4) is 0 Å². The van der Waals surface area contributed by atoms with Gasteiger partial charge in [-0.2, -0.15) is 0 Å². The Morgan fingerprint density at radius 3 is 2.45 bits per heavy atom. The van der Waals surface area contributed by atoms with Gasteiger partial charge in [0.15, 0.2) is 0 Å². The maximum Gasteiger partial charge on any atom is 0.495 e. The maximum atomic E-state index is 11.2. The van der Waals surface area contributed by atoms with Gasteiger partial charge in [-0.25, -0.2) is 4.79 Å². The predicted molar refractivity (Wildman–Crippen MR) is 84.3 cm³/mol. The smallest absolute Gasteiger partial charge is 0.465 e. The first-order valence-electron chi connectivity index (χ1n) is 7.65. The fraction of sp³-hybridized carbons (Fsp3) is 0.562. The number of fused-ring (bicyclic) bond motifs is 1. The summed E-state index contributed by atoms with van der Waals surface area (Å²) in [6, 6.07) is 5.96. The molecule has 0 radical (unpaired) electrons. The second kappa shape index (κ2) is 5.00. The van der Waals surface area contributed by atoms with Crippen molar-refractivity contribution in [1.29, 1.82) is 0 Å². The molecule has 1 aromatic carbocycles. The Balaban J connectivity index is 1.92. The highest BCUT2D eigenvalue weighted by molar-refractivity contribution is 6.62. The van der Waals surface area contributed by atoms with Crippen LogP contribution in [0.3, 0.4) is 0 Å². The molecule has 0 saturated carbocycles. The molecule has 1 fully saturated rings. The highest BCUT2D eigenvalue weighted by atomic mass is 16.7. The number of nitrogens with zero attached hydrogens (tertiary/aromatic N) is 1. The molecule has 0 atom stereocenters. The lowest BCUT2D eigenvalue weighted by molar-refractivity contribution is 0.00578. The lowest BCUT2D eigenvalue weighted by atomic mass is 9.73. The van der Waals surface area contributed by atoms with Crippen molar-refractivity contribution in [2.45, 2.75) is 51.9 Å². The van der Waals surface area contributed by atoms with E-state index in [1.807, 2.05) is 45.9 Å². The third-order valence-electron chi connectivity index (χ3n) is 5.08. The minimum atomic E-state index is -0.869. The van der Waals surface area contributed by atoms with Gasteiger partial charge in [0.1, 0.15) is 0 Å². The van der Waals surface area contributed by atoms with E-state index in [1.165, 1.54) is 10.5 Å². The Bertz CT molecular complexity index is 598. The van der Waals surface area contributed by atoms with Crippen LogP contribution in [0.1, 0.15) is 38.8 Å². The second-order valence-electron chi connectivity index (χ2n) is 7.03.